The quantitative estimate of drug-likeness (QED) is 0.162. The van der Waals surface area contributed by atoms with Crippen molar-refractivity contribution in [1.82, 2.24) is 0 Å². The zero-order valence-corrected chi connectivity index (χ0v) is 34.4. The Hall–Kier alpha value is -3.37. The molecule has 4 fully saturated rings. The maximum atomic E-state index is 13.1. The van der Waals surface area contributed by atoms with E-state index in [2.05, 4.69) is 32.9 Å². The van der Waals surface area contributed by atoms with Crippen molar-refractivity contribution in [2.24, 2.45) is 34.5 Å². The molecule has 15 atom stereocenters. The number of aliphatic hydroxyl groups is 3. The Morgan fingerprint density at radius 3 is 2.21 bits per heavy atom. The number of ether oxygens (including phenoxy) is 8. The lowest BCUT2D eigenvalue weighted by atomic mass is 9.47. The minimum atomic E-state index is -1.59. The number of carbonyl (C=O) groups is 3. The highest BCUT2D eigenvalue weighted by atomic mass is 16.7. The third-order valence-corrected chi connectivity index (χ3v) is 14.1. The van der Waals surface area contributed by atoms with E-state index in [1.807, 2.05) is 0 Å². The fourth-order valence-electron chi connectivity index (χ4n) is 11.1. The summed E-state index contributed by atoms with van der Waals surface area (Å²) in [7, 11) is 1.49. The van der Waals surface area contributed by atoms with Gasteiger partial charge in [-0.25, -0.2) is 4.79 Å². The van der Waals surface area contributed by atoms with E-state index < -0.39 is 61.1 Å². The number of carbonyl (C=O) groups excluding carboxylic acids is 3. The Morgan fingerprint density at radius 1 is 0.810 bits per heavy atom. The van der Waals surface area contributed by atoms with Crippen LogP contribution in [0.25, 0.3) is 0 Å². The molecule has 14 nitrogen and oxygen atoms in total. The molecule has 320 valence electrons. The summed E-state index contributed by atoms with van der Waals surface area (Å²) in [6.45, 7) is 9.36. The third kappa shape index (κ3) is 8.35. The molecule has 4 aliphatic carbocycles. The molecule has 0 radical (unpaired) electrons. The lowest BCUT2D eigenvalue weighted by Gasteiger charge is -2.58. The molecule has 7 rings (SSSR count). The highest BCUT2D eigenvalue weighted by Crippen LogP contribution is 2.65. The van der Waals surface area contributed by atoms with Crippen LogP contribution >= 0.6 is 0 Å². The molecule has 0 amide bonds. The van der Waals surface area contributed by atoms with Crippen molar-refractivity contribution >= 4 is 17.9 Å². The van der Waals surface area contributed by atoms with Crippen molar-refractivity contribution < 1.29 is 67.6 Å². The second-order valence-electron chi connectivity index (χ2n) is 17.6. The molecule has 0 aromatic heterocycles. The van der Waals surface area contributed by atoms with E-state index in [9.17, 15) is 29.7 Å². The van der Waals surface area contributed by atoms with Gasteiger partial charge in [0.15, 0.2) is 24.8 Å². The van der Waals surface area contributed by atoms with Gasteiger partial charge in [0.2, 0.25) is 0 Å². The maximum Gasteiger partial charge on any atom is 0.338 e. The van der Waals surface area contributed by atoms with Gasteiger partial charge in [-0.1, -0.05) is 44.1 Å². The van der Waals surface area contributed by atoms with Crippen molar-refractivity contribution in [1.29, 1.82) is 0 Å². The van der Waals surface area contributed by atoms with Gasteiger partial charge in [0.25, 0.3) is 0 Å². The monoisotopic (exact) mass is 812 g/mol. The summed E-state index contributed by atoms with van der Waals surface area (Å²) in [6, 6.07) is 6.13. The molecule has 58 heavy (non-hydrogen) atoms. The van der Waals surface area contributed by atoms with Crippen LogP contribution in [0, 0.1) is 34.5 Å². The van der Waals surface area contributed by atoms with Crippen LogP contribution in [0.5, 0.6) is 5.75 Å². The summed E-state index contributed by atoms with van der Waals surface area (Å²) in [5, 5.41) is 32.5. The molecule has 14 heteroatoms. The van der Waals surface area contributed by atoms with Crippen molar-refractivity contribution in [3.05, 3.63) is 53.1 Å². The molecule has 0 bridgehead atoms. The van der Waals surface area contributed by atoms with Crippen molar-refractivity contribution in [3.8, 4) is 5.75 Å². The SMILES string of the molecule is COc1ccc(C(=O)O[C@H]2[C@H](O[C@@H]3[C@@H](OC(C)=O)[C@H](OC[C@@H](C)C4=CC[C@H]5[C@@H]6CC=C7C[C@@H](OC(C)=O)CC[C@]7(C)[C@H]6CC[C@]45C)OC[C@@H]3O)OC[C@@H](O)[C@@H]2O)cc1. The number of allylic oxidation sites excluding steroid dienone is 2. The molecule has 2 saturated carbocycles. The van der Waals surface area contributed by atoms with E-state index in [1.54, 1.807) is 12.1 Å². The summed E-state index contributed by atoms with van der Waals surface area (Å²) in [4.78, 5) is 37.3. The normalized spacial score (nSPS) is 40.1. The van der Waals surface area contributed by atoms with E-state index in [0.717, 1.165) is 44.9 Å². The van der Waals surface area contributed by atoms with Crippen LogP contribution in [0.2, 0.25) is 0 Å². The smallest absolute Gasteiger partial charge is 0.338 e. The third-order valence-electron chi connectivity index (χ3n) is 14.1. The predicted octanol–water partition coefficient (Wildman–Crippen LogP) is 4.42. The number of esters is 3. The highest BCUT2D eigenvalue weighted by Gasteiger charge is 2.58. The van der Waals surface area contributed by atoms with Gasteiger partial charge in [-0.2, -0.15) is 0 Å². The van der Waals surface area contributed by atoms with Crippen molar-refractivity contribution in [2.45, 2.75) is 135 Å². The number of benzene rings is 1. The number of aliphatic hydroxyl groups excluding tert-OH is 3. The molecule has 1 aromatic carbocycles. The molecule has 2 heterocycles. The van der Waals surface area contributed by atoms with Gasteiger partial charge in [-0.15, -0.1) is 0 Å². The number of methoxy groups -OCH3 is 1. The first-order chi connectivity index (χ1) is 27.6. The molecule has 0 spiro atoms. The fourth-order valence-corrected chi connectivity index (χ4v) is 11.1. The summed E-state index contributed by atoms with van der Waals surface area (Å²) in [5.41, 5.74) is 3.07. The van der Waals surface area contributed by atoms with E-state index >= 15 is 0 Å². The molecule has 0 unspecified atom stereocenters. The molecule has 2 aliphatic heterocycles. The maximum absolute atomic E-state index is 13.1. The zero-order chi connectivity index (χ0) is 41.5. The first kappa shape index (κ1) is 42.7. The van der Waals surface area contributed by atoms with Crippen LogP contribution in [0.1, 0.15) is 89.9 Å². The number of fused-ring (bicyclic) bond motifs is 5. The summed E-state index contributed by atoms with van der Waals surface area (Å²) in [5.74, 6) is 0.465. The Bertz CT molecular complexity index is 1730. The predicted molar refractivity (Wildman–Crippen MR) is 206 cm³/mol. The zero-order valence-electron chi connectivity index (χ0n) is 34.4. The van der Waals surface area contributed by atoms with E-state index in [0.29, 0.717) is 23.5 Å². The largest absolute Gasteiger partial charge is 0.497 e. The van der Waals surface area contributed by atoms with Crippen LogP contribution in [0.15, 0.2) is 47.6 Å². The first-order valence-electron chi connectivity index (χ1n) is 20.8. The van der Waals surface area contributed by atoms with Crippen molar-refractivity contribution in [3.63, 3.8) is 0 Å². The molecule has 1 aromatic rings. The van der Waals surface area contributed by atoms with Crippen molar-refractivity contribution in [2.75, 3.05) is 26.9 Å². The summed E-state index contributed by atoms with van der Waals surface area (Å²) >= 11 is 0. The van der Waals surface area contributed by atoms with E-state index in [-0.39, 0.29) is 54.2 Å². The molecule has 6 aliphatic rings. The van der Waals surface area contributed by atoms with Gasteiger partial charge in [-0.3, -0.25) is 9.59 Å². The first-order valence-corrected chi connectivity index (χ1v) is 20.8. The lowest BCUT2D eigenvalue weighted by Crippen LogP contribution is -2.62. The Balaban J connectivity index is 1.01. The topological polar surface area (TPSA) is 186 Å². The van der Waals surface area contributed by atoms with Crippen LogP contribution in [-0.4, -0.2) is 115 Å². The molecular formula is C44H60O14. The second-order valence-corrected chi connectivity index (χ2v) is 17.6. The molecule has 2 saturated heterocycles. The van der Waals surface area contributed by atoms with Crippen LogP contribution in [-0.2, 0) is 42.7 Å². The molecular weight excluding hydrogens is 752 g/mol. The lowest BCUT2D eigenvalue weighted by molar-refractivity contribution is -0.335. The fraction of sp³-hybridized carbons (Fsp3) is 0.705. The summed E-state index contributed by atoms with van der Waals surface area (Å²) < 4.78 is 46.3. The summed E-state index contributed by atoms with van der Waals surface area (Å²) in [6.07, 6.45) is 0.881. The Morgan fingerprint density at radius 2 is 1.50 bits per heavy atom. The van der Waals surface area contributed by atoms with Gasteiger partial charge < -0.3 is 53.2 Å². The van der Waals surface area contributed by atoms with Crippen LogP contribution in [0.4, 0.5) is 0 Å². The molecule has 3 N–H and O–H groups in total. The number of hydrogen-bond donors (Lipinski definition) is 3. The van der Waals surface area contributed by atoms with Gasteiger partial charge in [0.05, 0.1) is 32.5 Å². The number of hydrogen-bond acceptors (Lipinski definition) is 14. The van der Waals surface area contributed by atoms with Gasteiger partial charge in [-0.05, 0) is 91.4 Å². The Labute approximate surface area is 340 Å². The van der Waals surface area contributed by atoms with E-state index in [1.165, 1.54) is 44.2 Å². The number of rotatable bonds is 11. The van der Waals surface area contributed by atoms with Gasteiger partial charge in [0.1, 0.15) is 36.3 Å². The average molecular weight is 813 g/mol. The minimum Gasteiger partial charge on any atom is -0.497 e. The minimum absolute atomic E-state index is 0.00357. The Kier molecular flexibility index (Phi) is 12.8. The second kappa shape index (κ2) is 17.3. The van der Waals surface area contributed by atoms with E-state index in [4.69, 9.17) is 37.9 Å². The highest BCUT2D eigenvalue weighted by molar-refractivity contribution is 5.89. The van der Waals surface area contributed by atoms with Gasteiger partial charge >= 0.3 is 17.9 Å². The average Bonchev–Trinajstić information content (AvgIpc) is 3.55. The van der Waals surface area contributed by atoms with Gasteiger partial charge in [0, 0.05) is 26.2 Å². The van der Waals surface area contributed by atoms with Crippen LogP contribution < -0.4 is 4.74 Å². The van der Waals surface area contributed by atoms with Crippen LogP contribution in [0.3, 0.4) is 0 Å². The standard InChI is InChI=1S/C44H60O14/c1-23(31-13-14-32-30-12-9-27-19-29(55-24(2)45)15-17-43(27,4)33(30)16-18-44(31,32)5)20-52-41-39(56-25(3)46)37(35(48)22-53-41)58-42-38(36(49)34(47)21-54-42)57-40(50)26-7-10-28(51-6)11-8-26/h7-11,13,23,29-30,32-39,41-42,47-49H,12,14-22H2,1-6H3/t23-,29+,30+,32+,33+,34-,35+,36+,37+,38-,39-,41-,42+,43+,44-/m1/s1.